The van der Waals surface area contributed by atoms with Crippen LogP contribution < -0.4 is 0 Å². The van der Waals surface area contributed by atoms with E-state index in [1.165, 1.54) is 0 Å². The highest BCUT2D eigenvalue weighted by Gasteiger charge is 2.35. The summed E-state index contributed by atoms with van der Waals surface area (Å²) in [5, 5.41) is 8.90. The van der Waals surface area contributed by atoms with Crippen LogP contribution in [0.25, 0.3) is 0 Å². The molecule has 1 rings (SSSR count). The molecule has 0 aromatic heterocycles. The van der Waals surface area contributed by atoms with E-state index >= 15 is 0 Å². The van der Waals surface area contributed by atoms with Gasteiger partial charge in [-0.2, -0.15) is 0 Å². The molecule has 1 atom stereocenters. The van der Waals surface area contributed by atoms with Gasteiger partial charge in [-0.25, -0.2) is 8.42 Å². The number of aliphatic hydroxyl groups excluding tert-OH is 1. The molecule has 0 amide bonds. The lowest BCUT2D eigenvalue weighted by molar-refractivity contribution is 0.256. The van der Waals surface area contributed by atoms with Crippen LogP contribution in [0.3, 0.4) is 0 Å². The van der Waals surface area contributed by atoms with Crippen molar-refractivity contribution in [1.29, 1.82) is 0 Å². The second-order valence-electron chi connectivity index (χ2n) is 6.59. The second-order valence-corrected chi connectivity index (χ2v) is 9.17. The van der Waals surface area contributed by atoms with Crippen LogP contribution in [-0.4, -0.2) is 24.9 Å². The zero-order valence-corrected chi connectivity index (χ0v) is 14.4. The Bertz CT molecular complexity index is 530. The van der Waals surface area contributed by atoms with Crippen molar-refractivity contribution in [1.82, 2.24) is 0 Å². The van der Waals surface area contributed by atoms with Crippen LogP contribution in [0.2, 0.25) is 0 Å². The topological polar surface area (TPSA) is 54.4 Å². The molecule has 0 heterocycles. The van der Waals surface area contributed by atoms with Gasteiger partial charge in [0.15, 0.2) is 9.84 Å². The first-order valence-corrected chi connectivity index (χ1v) is 9.11. The van der Waals surface area contributed by atoms with E-state index in [9.17, 15) is 8.42 Å². The molecule has 0 bridgehead atoms. The van der Waals surface area contributed by atoms with Crippen LogP contribution >= 0.6 is 0 Å². The molecule has 0 spiro atoms. The lowest BCUT2D eigenvalue weighted by Gasteiger charge is -2.25. The summed E-state index contributed by atoms with van der Waals surface area (Å²) in [5.74, 6) is 0.438. The largest absolute Gasteiger partial charge is 0.396 e. The van der Waals surface area contributed by atoms with Crippen molar-refractivity contribution in [2.24, 2.45) is 5.92 Å². The predicted octanol–water partition coefficient (Wildman–Crippen LogP) is 3.74. The Hall–Kier alpha value is -0.870. The van der Waals surface area contributed by atoms with E-state index < -0.39 is 14.6 Å². The summed E-state index contributed by atoms with van der Waals surface area (Å²) in [6, 6.07) is 7.07. The van der Waals surface area contributed by atoms with Crippen molar-refractivity contribution < 1.29 is 13.5 Å². The Morgan fingerprint density at radius 2 is 1.71 bits per heavy atom. The molecule has 3 nitrogen and oxygen atoms in total. The van der Waals surface area contributed by atoms with Crippen molar-refractivity contribution in [3.05, 3.63) is 29.8 Å². The van der Waals surface area contributed by atoms with E-state index in [0.29, 0.717) is 17.2 Å². The number of hydrogen-bond donors (Lipinski definition) is 1. The average Bonchev–Trinajstić information content (AvgIpc) is 2.39. The van der Waals surface area contributed by atoms with Crippen molar-refractivity contribution in [2.45, 2.75) is 63.0 Å². The number of rotatable bonds is 8. The van der Waals surface area contributed by atoms with E-state index in [1.807, 2.05) is 19.1 Å². The van der Waals surface area contributed by atoms with Gasteiger partial charge in [0.25, 0.3) is 0 Å². The van der Waals surface area contributed by atoms with Gasteiger partial charge < -0.3 is 5.11 Å². The SMILES string of the molecule is Cc1ccc(S(=O)(=O)C(C)(C)CCCC(C)CCO)cc1. The summed E-state index contributed by atoms with van der Waals surface area (Å²) in [6.45, 7) is 7.85. The van der Waals surface area contributed by atoms with E-state index in [-0.39, 0.29) is 6.61 Å². The van der Waals surface area contributed by atoms with Gasteiger partial charge in [-0.05, 0) is 51.7 Å². The second kappa shape index (κ2) is 7.41. The molecule has 0 saturated heterocycles. The standard InChI is InChI=1S/C17H28O3S/c1-14(11-13-18)6-5-12-17(3,4)21(19,20)16-9-7-15(2)8-10-16/h7-10,14,18H,5-6,11-13H2,1-4H3. The summed E-state index contributed by atoms with van der Waals surface area (Å²) in [7, 11) is -3.31. The van der Waals surface area contributed by atoms with Crippen LogP contribution in [0.4, 0.5) is 0 Å². The zero-order valence-electron chi connectivity index (χ0n) is 13.6. The summed E-state index contributed by atoms with van der Waals surface area (Å²) in [5.41, 5.74) is 1.06. The molecule has 0 radical (unpaired) electrons. The molecular weight excluding hydrogens is 284 g/mol. The minimum atomic E-state index is -3.31. The van der Waals surface area contributed by atoms with Crippen LogP contribution in [0, 0.1) is 12.8 Å². The molecule has 4 heteroatoms. The van der Waals surface area contributed by atoms with E-state index in [2.05, 4.69) is 6.92 Å². The van der Waals surface area contributed by atoms with Gasteiger partial charge in [0.05, 0.1) is 9.64 Å². The Morgan fingerprint density at radius 1 is 1.14 bits per heavy atom. The first kappa shape index (κ1) is 18.2. The Kier molecular flexibility index (Phi) is 6.41. The minimum absolute atomic E-state index is 0.201. The lowest BCUT2D eigenvalue weighted by atomic mass is 9.97. The molecule has 0 aliphatic rings. The van der Waals surface area contributed by atoms with Crippen LogP contribution in [0.1, 0.15) is 52.0 Å². The minimum Gasteiger partial charge on any atom is -0.396 e. The van der Waals surface area contributed by atoms with Gasteiger partial charge in [0.2, 0.25) is 0 Å². The average molecular weight is 312 g/mol. The maximum absolute atomic E-state index is 12.7. The monoisotopic (exact) mass is 312 g/mol. The maximum atomic E-state index is 12.7. The smallest absolute Gasteiger partial charge is 0.183 e. The third kappa shape index (κ3) is 4.82. The highest BCUT2D eigenvalue weighted by Crippen LogP contribution is 2.31. The van der Waals surface area contributed by atoms with Crippen molar-refractivity contribution in [2.75, 3.05) is 6.61 Å². The molecule has 0 saturated carbocycles. The van der Waals surface area contributed by atoms with Crippen LogP contribution in [0.5, 0.6) is 0 Å². The zero-order chi connectivity index (χ0) is 16.1. The number of sulfone groups is 1. The number of benzene rings is 1. The van der Waals surface area contributed by atoms with Gasteiger partial charge in [-0.1, -0.05) is 37.5 Å². The van der Waals surface area contributed by atoms with E-state index in [1.54, 1.807) is 26.0 Å². The molecule has 0 aliphatic heterocycles. The molecule has 0 aliphatic carbocycles. The lowest BCUT2D eigenvalue weighted by Crippen LogP contribution is -2.32. The highest BCUT2D eigenvalue weighted by molar-refractivity contribution is 7.92. The van der Waals surface area contributed by atoms with Gasteiger partial charge in [-0.3, -0.25) is 0 Å². The third-order valence-corrected chi connectivity index (χ3v) is 6.71. The normalized spacial score (nSPS) is 14.1. The fourth-order valence-electron chi connectivity index (χ4n) is 2.41. The quantitative estimate of drug-likeness (QED) is 0.795. The van der Waals surface area contributed by atoms with Crippen LogP contribution in [-0.2, 0) is 9.84 Å². The van der Waals surface area contributed by atoms with E-state index in [4.69, 9.17) is 5.11 Å². The fourth-order valence-corrected chi connectivity index (χ4v) is 3.96. The van der Waals surface area contributed by atoms with Crippen LogP contribution in [0.15, 0.2) is 29.2 Å². The summed E-state index contributed by atoms with van der Waals surface area (Å²) in [6.07, 6.45) is 3.23. The van der Waals surface area contributed by atoms with Gasteiger partial charge in [0.1, 0.15) is 0 Å². The van der Waals surface area contributed by atoms with Gasteiger partial charge in [0, 0.05) is 6.61 Å². The molecule has 1 unspecified atom stereocenters. The highest BCUT2D eigenvalue weighted by atomic mass is 32.2. The number of aliphatic hydroxyl groups is 1. The number of hydrogen-bond acceptors (Lipinski definition) is 3. The molecular formula is C17H28O3S. The summed E-state index contributed by atoms with van der Waals surface area (Å²) < 4.78 is 24.7. The maximum Gasteiger partial charge on any atom is 0.183 e. The first-order chi connectivity index (χ1) is 9.70. The van der Waals surface area contributed by atoms with Gasteiger partial charge in [-0.15, -0.1) is 0 Å². The van der Waals surface area contributed by atoms with Gasteiger partial charge >= 0.3 is 0 Å². The number of aryl methyl sites for hydroxylation is 1. The third-order valence-electron chi connectivity index (χ3n) is 4.16. The molecule has 120 valence electrons. The molecule has 0 fully saturated rings. The Labute approximate surface area is 129 Å². The first-order valence-electron chi connectivity index (χ1n) is 7.63. The Balaban J connectivity index is 2.74. The molecule has 1 aromatic carbocycles. The fraction of sp³-hybridized carbons (Fsp3) is 0.647. The van der Waals surface area contributed by atoms with Crippen molar-refractivity contribution in [3.8, 4) is 0 Å². The molecule has 1 aromatic rings. The molecule has 1 N–H and O–H groups in total. The van der Waals surface area contributed by atoms with Crippen molar-refractivity contribution >= 4 is 9.84 Å². The molecule has 21 heavy (non-hydrogen) atoms. The van der Waals surface area contributed by atoms with Crippen molar-refractivity contribution in [3.63, 3.8) is 0 Å². The Morgan fingerprint density at radius 3 is 2.24 bits per heavy atom. The predicted molar refractivity (Wildman–Crippen MR) is 87.2 cm³/mol. The van der Waals surface area contributed by atoms with E-state index in [0.717, 1.165) is 24.8 Å². The summed E-state index contributed by atoms with van der Waals surface area (Å²) in [4.78, 5) is 0.404. The summed E-state index contributed by atoms with van der Waals surface area (Å²) >= 11 is 0.